The van der Waals surface area contributed by atoms with Crippen LogP contribution >= 0.6 is 0 Å². The van der Waals surface area contributed by atoms with Crippen LogP contribution in [0.15, 0.2) is 0 Å². The molecular formula is C15H32N2O. The topological polar surface area (TPSA) is 24.5 Å². The van der Waals surface area contributed by atoms with E-state index in [4.69, 9.17) is 4.74 Å². The Labute approximate surface area is 113 Å². The molecule has 1 atom stereocenters. The van der Waals surface area contributed by atoms with E-state index in [0.29, 0.717) is 6.10 Å². The van der Waals surface area contributed by atoms with Crippen molar-refractivity contribution in [2.24, 2.45) is 5.92 Å². The Hall–Kier alpha value is -0.120. The molecule has 1 fully saturated rings. The van der Waals surface area contributed by atoms with E-state index in [1.807, 2.05) is 0 Å². The lowest BCUT2D eigenvalue weighted by Gasteiger charge is -2.25. The van der Waals surface area contributed by atoms with Crippen LogP contribution in [0.3, 0.4) is 0 Å². The molecule has 1 unspecified atom stereocenters. The second-order valence-electron chi connectivity index (χ2n) is 5.41. The standard InChI is InChI=1S/C15H32N2O/c1-4-14(5-2)13-17(6-3)10-9-16-12-15-8-7-11-18-15/h14-16H,4-13H2,1-3H3. The van der Waals surface area contributed by atoms with Crippen LogP contribution in [0.2, 0.25) is 0 Å². The largest absolute Gasteiger partial charge is 0.377 e. The van der Waals surface area contributed by atoms with E-state index in [2.05, 4.69) is 31.0 Å². The van der Waals surface area contributed by atoms with E-state index in [0.717, 1.165) is 32.2 Å². The summed E-state index contributed by atoms with van der Waals surface area (Å²) in [7, 11) is 0. The maximum Gasteiger partial charge on any atom is 0.0700 e. The fourth-order valence-corrected chi connectivity index (χ4v) is 2.60. The lowest BCUT2D eigenvalue weighted by Crippen LogP contribution is -2.37. The minimum absolute atomic E-state index is 0.471. The highest BCUT2D eigenvalue weighted by atomic mass is 16.5. The van der Waals surface area contributed by atoms with Crippen molar-refractivity contribution in [3.63, 3.8) is 0 Å². The third-order valence-corrected chi connectivity index (χ3v) is 4.12. The van der Waals surface area contributed by atoms with Crippen molar-refractivity contribution in [2.45, 2.75) is 52.6 Å². The molecule has 0 aromatic rings. The second kappa shape index (κ2) is 9.76. The minimum atomic E-state index is 0.471. The highest BCUT2D eigenvalue weighted by Gasteiger charge is 2.14. The summed E-state index contributed by atoms with van der Waals surface area (Å²) in [5.74, 6) is 0.864. The fourth-order valence-electron chi connectivity index (χ4n) is 2.60. The predicted octanol–water partition coefficient (Wildman–Crippen LogP) is 2.51. The Morgan fingerprint density at radius 2 is 2.06 bits per heavy atom. The smallest absolute Gasteiger partial charge is 0.0700 e. The summed E-state index contributed by atoms with van der Waals surface area (Å²) in [6.45, 7) is 13.5. The van der Waals surface area contributed by atoms with Crippen LogP contribution in [0, 0.1) is 5.92 Å². The first-order chi connectivity index (χ1) is 8.80. The molecule has 0 bridgehead atoms. The zero-order valence-electron chi connectivity index (χ0n) is 12.6. The van der Waals surface area contributed by atoms with Gasteiger partial charge >= 0.3 is 0 Å². The molecule has 1 heterocycles. The molecule has 1 aliphatic heterocycles. The number of nitrogens with one attached hydrogen (secondary N) is 1. The lowest BCUT2D eigenvalue weighted by molar-refractivity contribution is 0.109. The molecule has 1 rings (SSSR count). The maximum absolute atomic E-state index is 5.61. The van der Waals surface area contributed by atoms with Crippen LogP contribution in [-0.2, 0) is 4.74 Å². The van der Waals surface area contributed by atoms with Gasteiger partial charge in [0.2, 0.25) is 0 Å². The first kappa shape index (κ1) is 15.9. The molecule has 1 saturated heterocycles. The van der Waals surface area contributed by atoms with Gasteiger partial charge in [0, 0.05) is 32.8 Å². The van der Waals surface area contributed by atoms with Gasteiger partial charge in [0.25, 0.3) is 0 Å². The molecule has 0 amide bonds. The van der Waals surface area contributed by atoms with Crippen molar-refractivity contribution in [3.8, 4) is 0 Å². The summed E-state index contributed by atoms with van der Waals surface area (Å²) in [6.07, 6.45) is 5.55. The molecule has 0 aromatic heterocycles. The van der Waals surface area contributed by atoms with Crippen LogP contribution in [0.1, 0.15) is 46.5 Å². The second-order valence-corrected chi connectivity index (χ2v) is 5.41. The monoisotopic (exact) mass is 256 g/mol. The predicted molar refractivity (Wildman–Crippen MR) is 78.0 cm³/mol. The van der Waals surface area contributed by atoms with E-state index in [1.165, 1.54) is 38.8 Å². The molecule has 0 saturated carbocycles. The zero-order chi connectivity index (χ0) is 13.2. The van der Waals surface area contributed by atoms with Gasteiger partial charge in [-0.1, -0.05) is 33.6 Å². The van der Waals surface area contributed by atoms with Crippen molar-refractivity contribution in [1.29, 1.82) is 0 Å². The first-order valence-electron chi connectivity index (χ1n) is 7.84. The molecule has 0 spiro atoms. The summed E-state index contributed by atoms with van der Waals surface area (Å²) in [6, 6.07) is 0. The SMILES string of the molecule is CCC(CC)CN(CC)CCNCC1CCCO1. The van der Waals surface area contributed by atoms with Gasteiger partial charge in [-0.2, -0.15) is 0 Å². The van der Waals surface area contributed by atoms with Gasteiger partial charge in [-0.15, -0.1) is 0 Å². The van der Waals surface area contributed by atoms with Crippen LogP contribution in [0.5, 0.6) is 0 Å². The van der Waals surface area contributed by atoms with Crippen LogP contribution < -0.4 is 5.32 Å². The molecule has 0 radical (unpaired) electrons. The van der Waals surface area contributed by atoms with Gasteiger partial charge < -0.3 is 15.0 Å². The highest BCUT2D eigenvalue weighted by Crippen LogP contribution is 2.11. The van der Waals surface area contributed by atoms with Gasteiger partial charge in [0.05, 0.1) is 6.10 Å². The number of nitrogens with zero attached hydrogens (tertiary/aromatic N) is 1. The van der Waals surface area contributed by atoms with Crippen molar-refractivity contribution in [3.05, 3.63) is 0 Å². The van der Waals surface area contributed by atoms with Gasteiger partial charge in [0.1, 0.15) is 0 Å². The average Bonchev–Trinajstić information content (AvgIpc) is 2.91. The van der Waals surface area contributed by atoms with Crippen LogP contribution in [-0.4, -0.2) is 50.3 Å². The van der Waals surface area contributed by atoms with Crippen molar-refractivity contribution in [2.75, 3.05) is 39.3 Å². The summed E-state index contributed by atoms with van der Waals surface area (Å²) < 4.78 is 5.61. The van der Waals surface area contributed by atoms with Crippen molar-refractivity contribution in [1.82, 2.24) is 10.2 Å². The molecule has 108 valence electrons. The molecule has 18 heavy (non-hydrogen) atoms. The maximum atomic E-state index is 5.61. The van der Waals surface area contributed by atoms with E-state index >= 15 is 0 Å². The summed E-state index contributed by atoms with van der Waals surface area (Å²) in [5.41, 5.74) is 0. The Morgan fingerprint density at radius 1 is 1.28 bits per heavy atom. The third kappa shape index (κ3) is 6.17. The molecule has 3 heteroatoms. The quantitative estimate of drug-likeness (QED) is 0.608. The summed E-state index contributed by atoms with van der Waals surface area (Å²) in [4.78, 5) is 2.57. The Morgan fingerprint density at radius 3 is 2.61 bits per heavy atom. The van der Waals surface area contributed by atoms with Gasteiger partial charge in [-0.05, 0) is 25.3 Å². The Kier molecular flexibility index (Phi) is 8.64. The minimum Gasteiger partial charge on any atom is -0.377 e. The number of hydrogen-bond acceptors (Lipinski definition) is 3. The van der Waals surface area contributed by atoms with Crippen LogP contribution in [0.25, 0.3) is 0 Å². The van der Waals surface area contributed by atoms with Gasteiger partial charge in [-0.3, -0.25) is 0 Å². The molecule has 0 aromatic carbocycles. The lowest BCUT2D eigenvalue weighted by atomic mass is 10.0. The van der Waals surface area contributed by atoms with E-state index in [1.54, 1.807) is 0 Å². The third-order valence-electron chi connectivity index (χ3n) is 4.12. The zero-order valence-corrected chi connectivity index (χ0v) is 12.6. The normalized spacial score (nSPS) is 20.2. The number of ether oxygens (including phenoxy) is 1. The summed E-state index contributed by atoms with van der Waals surface area (Å²) in [5, 5.41) is 3.53. The highest BCUT2D eigenvalue weighted by molar-refractivity contribution is 4.69. The van der Waals surface area contributed by atoms with Gasteiger partial charge in [0.15, 0.2) is 0 Å². The van der Waals surface area contributed by atoms with E-state index < -0.39 is 0 Å². The van der Waals surface area contributed by atoms with Gasteiger partial charge in [-0.25, -0.2) is 0 Å². The van der Waals surface area contributed by atoms with E-state index in [9.17, 15) is 0 Å². The summed E-state index contributed by atoms with van der Waals surface area (Å²) >= 11 is 0. The average molecular weight is 256 g/mol. The van der Waals surface area contributed by atoms with E-state index in [-0.39, 0.29) is 0 Å². The molecule has 1 N–H and O–H groups in total. The fraction of sp³-hybridized carbons (Fsp3) is 1.00. The molecule has 0 aliphatic carbocycles. The number of likely N-dealkylation sites (N-methyl/N-ethyl adjacent to an activating group) is 1. The number of rotatable bonds is 10. The van der Waals surface area contributed by atoms with Crippen LogP contribution in [0.4, 0.5) is 0 Å². The molecule has 3 nitrogen and oxygen atoms in total. The van der Waals surface area contributed by atoms with Crippen molar-refractivity contribution < 1.29 is 4.74 Å². The molecule has 1 aliphatic rings. The number of hydrogen-bond donors (Lipinski definition) is 1. The van der Waals surface area contributed by atoms with Crippen molar-refractivity contribution >= 4 is 0 Å². The first-order valence-corrected chi connectivity index (χ1v) is 7.84. The Bertz CT molecular complexity index is 189. The molecular weight excluding hydrogens is 224 g/mol. The Balaban J connectivity index is 2.06.